The van der Waals surface area contributed by atoms with E-state index in [1.165, 1.54) is 0 Å². The Morgan fingerprint density at radius 1 is 1.11 bits per heavy atom. The second-order valence-electron chi connectivity index (χ2n) is 4.11. The summed E-state index contributed by atoms with van der Waals surface area (Å²) in [5, 5.41) is 13.0. The minimum atomic E-state index is 0.150. The van der Waals surface area contributed by atoms with Gasteiger partial charge >= 0.3 is 0 Å². The highest BCUT2D eigenvalue weighted by molar-refractivity contribution is 5.56. The first-order chi connectivity index (χ1) is 9.36. The number of nitrogens with zero attached hydrogens (tertiary/aromatic N) is 3. The molecule has 0 spiro atoms. The van der Waals surface area contributed by atoms with E-state index in [2.05, 4.69) is 10.1 Å². The first-order valence-electron chi connectivity index (χ1n) is 6.03. The molecule has 2 heterocycles. The zero-order valence-electron chi connectivity index (χ0n) is 10.2. The van der Waals surface area contributed by atoms with E-state index in [1.807, 2.05) is 30.3 Å². The van der Waals surface area contributed by atoms with Crippen molar-refractivity contribution in [3.8, 4) is 11.6 Å². The fraction of sp³-hybridized carbons (Fsp3) is 0.143. The van der Waals surface area contributed by atoms with E-state index in [-0.39, 0.29) is 6.61 Å². The lowest BCUT2D eigenvalue weighted by atomic mass is 10.1. The van der Waals surface area contributed by atoms with Crippen molar-refractivity contribution in [2.45, 2.75) is 6.42 Å². The number of benzene rings is 1. The van der Waals surface area contributed by atoms with Crippen LogP contribution in [0.2, 0.25) is 0 Å². The third kappa shape index (κ3) is 2.41. The van der Waals surface area contributed by atoms with E-state index in [1.54, 1.807) is 23.1 Å². The minimum absolute atomic E-state index is 0.150. The predicted octanol–water partition coefficient (Wildman–Crippen LogP) is 2.06. The summed E-state index contributed by atoms with van der Waals surface area (Å²) in [4.78, 5) is 4.21. The normalized spacial score (nSPS) is 10.8. The maximum absolute atomic E-state index is 8.87. The molecule has 5 heteroatoms. The van der Waals surface area contributed by atoms with Crippen molar-refractivity contribution >= 4 is 5.52 Å². The minimum Gasteiger partial charge on any atom is -0.437 e. The number of aliphatic hydroxyl groups is 1. The van der Waals surface area contributed by atoms with Gasteiger partial charge < -0.3 is 9.84 Å². The predicted molar refractivity (Wildman–Crippen MR) is 70.3 cm³/mol. The molecule has 5 nitrogen and oxygen atoms in total. The van der Waals surface area contributed by atoms with E-state index in [0.29, 0.717) is 18.1 Å². The van der Waals surface area contributed by atoms with Crippen molar-refractivity contribution in [3.05, 3.63) is 54.5 Å². The van der Waals surface area contributed by atoms with Crippen molar-refractivity contribution in [1.29, 1.82) is 0 Å². The quantitative estimate of drug-likeness (QED) is 0.775. The number of hydrogen-bond donors (Lipinski definition) is 1. The smallest absolute Gasteiger partial charge is 0.245 e. The first-order valence-corrected chi connectivity index (χ1v) is 6.03. The van der Waals surface area contributed by atoms with Crippen LogP contribution in [0, 0.1) is 0 Å². The van der Waals surface area contributed by atoms with E-state index < -0.39 is 0 Å². The molecule has 0 radical (unpaired) electrons. The van der Waals surface area contributed by atoms with Crippen molar-refractivity contribution in [1.82, 2.24) is 14.6 Å². The van der Waals surface area contributed by atoms with Crippen molar-refractivity contribution < 1.29 is 9.84 Å². The molecule has 0 unspecified atom stereocenters. The number of fused-ring (bicyclic) bond motifs is 1. The fourth-order valence-corrected chi connectivity index (χ4v) is 1.88. The van der Waals surface area contributed by atoms with Crippen LogP contribution in [-0.2, 0) is 6.42 Å². The molecular weight excluding hydrogens is 242 g/mol. The van der Waals surface area contributed by atoms with Gasteiger partial charge in [-0.3, -0.25) is 0 Å². The topological polar surface area (TPSA) is 59.7 Å². The van der Waals surface area contributed by atoms with Crippen LogP contribution in [-0.4, -0.2) is 26.3 Å². The Labute approximate surface area is 110 Å². The van der Waals surface area contributed by atoms with Gasteiger partial charge in [0.2, 0.25) is 5.88 Å². The molecule has 0 amide bonds. The summed E-state index contributed by atoms with van der Waals surface area (Å²) >= 11 is 0. The van der Waals surface area contributed by atoms with Crippen LogP contribution in [0.1, 0.15) is 5.56 Å². The molecular formula is C14H13N3O2. The van der Waals surface area contributed by atoms with Gasteiger partial charge in [0.05, 0.1) is 6.20 Å². The lowest BCUT2D eigenvalue weighted by Crippen LogP contribution is -1.94. The number of aromatic nitrogens is 3. The van der Waals surface area contributed by atoms with Crippen molar-refractivity contribution in [2.75, 3.05) is 6.61 Å². The monoisotopic (exact) mass is 255 g/mol. The molecule has 96 valence electrons. The van der Waals surface area contributed by atoms with Gasteiger partial charge in [-0.15, -0.1) is 0 Å². The Balaban J connectivity index is 1.86. The fourth-order valence-electron chi connectivity index (χ4n) is 1.88. The largest absolute Gasteiger partial charge is 0.437 e. The van der Waals surface area contributed by atoms with Crippen molar-refractivity contribution in [2.24, 2.45) is 0 Å². The average molecular weight is 255 g/mol. The molecule has 0 saturated carbocycles. The molecule has 1 N–H and O–H groups in total. The molecule has 0 aliphatic rings. The molecule has 1 aromatic carbocycles. The summed E-state index contributed by atoms with van der Waals surface area (Å²) in [7, 11) is 0. The zero-order valence-corrected chi connectivity index (χ0v) is 10.2. The Morgan fingerprint density at radius 3 is 2.74 bits per heavy atom. The van der Waals surface area contributed by atoms with Crippen LogP contribution in [0.5, 0.6) is 11.6 Å². The third-order valence-electron chi connectivity index (χ3n) is 2.83. The lowest BCUT2D eigenvalue weighted by Gasteiger charge is -2.06. The van der Waals surface area contributed by atoms with Crippen LogP contribution < -0.4 is 4.74 Å². The summed E-state index contributed by atoms with van der Waals surface area (Å²) in [6, 6.07) is 9.45. The molecule has 0 bridgehead atoms. The van der Waals surface area contributed by atoms with Gasteiger partial charge in [0.25, 0.3) is 0 Å². The summed E-state index contributed by atoms with van der Waals surface area (Å²) < 4.78 is 7.46. The molecule has 0 aliphatic carbocycles. The number of ether oxygens (including phenoxy) is 1. The number of rotatable bonds is 4. The maximum Gasteiger partial charge on any atom is 0.245 e. The molecule has 0 fully saturated rings. The third-order valence-corrected chi connectivity index (χ3v) is 2.83. The zero-order chi connectivity index (χ0) is 13.1. The number of hydrogen-bond acceptors (Lipinski definition) is 4. The van der Waals surface area contributed by atoms with Crippen LogP contribution in [0.3, 0.4) is 0 Å². The van der Waals surface area contributed by atoms with Gasteiger partial charge in [0.1, 0.15) is 11.3 Å². The maximum atomic E-state index is 8.87. The molecule has 0 aliphatic heterocycles. The van der Waals surface area contributed by atoms with Gasteiger partial charge in [0.15, 0.2) is 0 Å². The van der Waals surface area contributed by atoms with Crippen molar-refractivity contribution in [3.63, 3.8) is 0 Å². The highest BCUT2D eigenvalue weighted by Gasteiger charge is 2.05. The highest BCUT2D eigenvalue weighted by atomic mass is 16.5. The standard InChI is InChI=1S/C14H13N3O2/c18-10-6-11-1-3-12(4-2-11)19-14-13-5-7-16-17(13)9-8-15-14/h1-5,7-9,18H,6,10H2. The van der Waals surface area contributed by atoms with E-state index in [9.17, 15) is 0 Å². The second-order valence-corrected chi connectivity index (χ2v) is 4.11. The Morgan fingerprint density at radius 2 is 1.95 bits per heavy atom. The first kappa shape index (κ1) is 11.7. The molecule has 2 aromatic heterocycles. The molecule has 0 saturated heterocycles. The summed E-state index contributed by atoms with van der Waals surface area (Å²) in [5.41, 5.74) is 1.90. The molecule has 3 aromatic rings. The van der Waals surface area contributed by atoms with Crippen LogP contribution in [0.25, 0.3) is 5.52 Å². The summed E-state index contributed by atoms with van der Waals surface area (Å²) in [5.74, 6) is 1.23. The lowest BCUT2D eigenvalue weighted by molar-refractivity contribution is 0.299. The summed E-state index contributed by atoms with van der Waals surface area (Å²) in [6.07, 6.45) is 5.77. The van der Waals surface area contributed by atoms with Gasteiger partial charge in [-0.2, -0.15) is 5.10 Å². The Kier molecular flexibility index (Phi) is 3.12. The van der Waals surface area contributed by atoms with Gasteiger partial charge in [-0.05, 0) is 30.2 Å². The average Bonchev–Trinajstić information content (AvgIpc) is 2.91. The molecule has 0 atom stereocenters. The summed E-state index contributed by atoms with van der Waals surface area (Å²) in [6.45, 7) is 0.150. The molecule has 19 heavy (non-hydrogen) atoms. The van der Waals surface area contributed by atoms with E-state index in [0.717, 1.165) is 11.1 Å². The van der Waals surface area contributed by atoms with Gasteiger partial charge in [-0.1, -0.05) is 12.1 Å². The van der Waals surface area contributed by atoms with Crippen LogP contribution in [0.15, 0.2) is 48.9 Å². The SMILES string of the molecule is OCCc1ccc(Oc2nccn3nccc23)cc1. The van der Waals surface area contributed by atoms with E-state index >= 15 is 0 Å². The van der Waals surface area contributed by atoms with Crippen LogP contribution in [0.4, 0.5) is 0 Å². The second kappa shape index (κ2) is 5.07. The number of aliphatic hydroxyl groups excluding tert-OH is 1. The highest BCUT2D eigenvalue weighted by Crippen LogP contribution is 2.23. The Bertz CT molecular complexity index is 676. The van der Waals surface area contributed by atoms with E-state index in [4.69, 9.17) is 9.84 Å². The van der Waals surface area contributed by atoms with Gasteiger partial charge in [0, 0.05) is 19.0 Å². The molecule has 3 rings (SSSR count). The Hall–Kier alpha value is -2.40. The van der Waals surface area contributed by atoms with Crippen LogP contribution >= 0.6 is 0 Å². The van der Waals surface area contributed by atoms with Gasteiger partial charge in [-0.25, -0.2) is 9.50 Å².